The van der Waals surface area contributed by atoms with E-state index in [0.29, 0.717) is 0 Å². The summed E-state index contributed by atoms with van der Waals surface area (Å²) in [6, 6.07) is 0. The van der Waals surface area contributed by atoms with Crippen molar-refractivity contribution in [2.24, 2.45) is 23.7 Å². The van der Waals surface area contributed by atoms with Gasteiger partial charge in [-0.3, -0.25) is 0 Å². The van der Waals surface area contributed by atoms with Crippen LogP contribution in [0, 0.1) is 23.7 Å². The second kappa shape index (κ2) is 15.7. The van der Waals surface area contributed by atoms with Crippen LogP contribution in [0.2, 0.25) is 0 Å². The molecule has 0 amide bonds. The molecule has 25 heavy (non-hydrogen) atoms. The van der Waals surface area contributed by atoms with Crippen LogP contribution < -0.4 is 0 Å². The van der Waals surface area contributed by atoms with Crippen molar-refractivity contribution in [3.63, 3.8) is 0 Å². The minimum Gasteiger partial charge on any atom is -0.103 e. The molecule has 0 aromatic heterocycles. The van der Waals surface area contributed by atoms with Crippen molar-refractivity contribution in [2.45, 2.75) is 46.5 Å². The van der Waals surface area contributed by atoms with Gasteiger partial charge in [-0.05, 0) is 56.8 Å². The number of hydrogen-bond donors (Lipinski definition) is 0. The standard InChI is InChI=1S/C10H12.C5H10.2C5H8/c1-2-9-7-4-5-8(6-7)10(9)3-1;3*1-3-5-4-2/h1-2,4-5,7-10H,3,6H2;3H,1,4-5H2,2H3;2*3-5H,1H2,2H3/b;;2*5-4+. The SMILES string of the molecule is C1=CC2C3C=CC(C3)C2C1.C=C/C=C/C.C=C/C=C/C.C=CCCC. The molecule has 0 radical (unpaired) electrons. The minimum atomic E-state index is 0.925. The smallest absolute Gasteiger partial charge is 0.0133 e. The maximum atomic E-state index is 3.55. The number of fused-ring (bicyclic) bond motifs is 5. The first-order valence-corrected chi connectivity index (χ1v) is 9.63. The van der Waals surface area contributed by atoms with Crippen LogP contribution in [-0.2, 0) is 0 Å². The first kappa shape index (κ1) is 23.2. The molecule has 0 spiro atoms. The summed E-state index contributed by atoms with van der Waals surface area (Å²) in [5, 5.41) is 0. The summed E-state index contributed by atoms with van der Waals surface area (Å²) in [6.07, 6.45) is 28.0. The van der Waals surface area contributed by atoms with Gasteiger partial charge in [-0.1, -0.05) is 93.3 Å². The summed E-state index contributed by atoms with van der Waals surface area (Å²) in [6.45, 7) is 16.5. The van der Waals surface area contributed by atoms with Crippen LogP contribution >= 0.6 is 0 Å². The summed E-state index contributed by atoms with van der Waals surface area (Å²) in [7, 11) is 0. The van der Waals surface area contributed by atoms with E-state index in [9.17, 15) is 0 Å². The first-order valence-electron chi connectivity index (χ1n) is 9.63. The Morgan fingerprint density at radius 3 is 1.88 bits per heavy atom. The third kappa shape index (κ3) is 9.29. The number of rotatable bonds is 4. The Balaban J connectivity index is 0.000000336. The molecule has 0 heteroatoms. The summed E-state index contributed by atoms with van der Waals surface area (Å²) < 4.78 is 0. The van der Waals surface area contributed by atoms with E-state index in [-0.39, 0.29) is 0 Å². The van der Waals surface area contributed by atoms with Gasteiger partial charge in [0.25, 0.3) is 0 Å². The lowest BCUT2D eigenvalue weighted by Gasteiger charge is -2.18. The van der Waals surface area contributed by atoms with Crippen molar-refractivity contribution in [2.75, 3.05) is 0 Å². The molecule has 0 N–H and O–H groups in total. The van der Waals surface area contributed by atoms with Gasteiger partial charge in [-0.15, -0.1) is 6.58 Å². The van der Waals surface area contributed by atoms with E-state index in [1.807, 2.05) is 44.2 Å². The minimum absolute atomic E-state index is 0.925. The molecule has 1 fully saturated rings. The van der Waals surface area contributed by atoms with E-state index in [1.165, 1.54) is 19.3 Å². The monoisotopic (exact) mass is 338 g/mol. The van der Waals surface area contributed by atoms with E-state index in [4.69, 9.17) is 0 Å². The van der Waals surface area contributed by atoms with Gasteiger partial charge in [0.05, 0.1) is 0 Å². The quantitative estimate of drug-likeness (QED) is 0.361. The predicted octanol–water partition coefficient (Wildman–Crippen LogP) is 7.85. The van der Waals surface area contributed by atoms with Gasteiger partial charge in [0.2, 0.25) is 0 Å². The highest BCUT2D eigenvalue weighted by Gasteiger charge is 2.44. The second-order valence-electron chi connectivity index (χ2n) is 6.45. The fraction of sp³-hybridized carbons (Fsp3) is 0.440. The molecule has 0 aromatic carbocycles. The summed E-state index contributed by atoms with van der Waals surface area (Å²) in [5.74, 6) is 3.82. The third-order valence-electron chi connectivity index (χ3n) is 4.60. The van der Waals surface area contributed by atoms with E-state index in [0.717, 1.165) is 30.1 Å². The zero-order valence-electron chi connectivity index (χ0n) is 16.6. The van der Waals surface area contributed by atoms with Crippen molar-refractivity contribution >= 4 is 0 Å². The highest BCUT2D eigenvalue weighted by molar-refractivity contribution is 5.21. The molecule has 3 aliphatic rings. The maximum Gasteiger partial charge on any atom is -0.0133 e. The van der Waals surface area contributed by atoms with Gasteiger partial charge in [-0.2, -0.15) is 0 Å². The molecule has 0 saturated heterocycles. The van der Waals surface area contributed by atoms with E-state index in [1.54, 1.807) is 12.2 Å². The van der Waals surface area contributed by atoms with Crippen LogP contribution in [-0.4, -0.2) is 0 Å². The van der Waals surface area contributed by atoms with Gasteiger partial charge in [-0.25, -0.2) is 0 Å². The molecule has 0 aromatic rings. The summed E-state index contributed by atoms with van der Waals surface area (Å²) >= 11 is 0. The van der Waals surface area contributed by atoms with Crippen molar-refractivity contribution in [1.82, 2.24) is 0 Å². The Kier molecular flexibility index (Phi) is 14.6. The van der Waals surface area contributed by atoms with Crippen molar-refractivity contribution in [1.29, 1.82) is 0 Å². The van der Waals surface area contributed by atoms with Gasteiger partial charge < -0.3 is 0 Å². The molecule has 3 aliphatic carbocycles. The topological polar surface area (TPSA) is 0 Å². The highest BCUT2D eigenvalue weighted by Crippen LogP contribution is 2.52. The highest BCUT2D eigenvalue weighted by atomic mass is 14.5. The van der Waals surface area contributed by atoms with Crippen LogP contribution in [0.25, 0.3) is 0 Å². The van der Waals surface area contributed by atoms with Gasteiger partial charge >= 0.3 is 0 Å². The Bertz CT molecular complexity index is 456. The largest absolute Gasteiger partial charge is 0.103 e. The molecular weight excluding hydrogens is 300 g/mol. The van der Waals surface area contributed by atoms with E-state index in [2.05, 4.69) is 51.0 Å². The first-order chi connectivity index (χ1) is 12.2. The lowest BCUT2D eigenvalue weighted by Crippen LogP contribution is -2.12. The normalized spacial score (nSPS) is 26.8. The molecule has 3 rings (SSSR count). The molecule has 4 atom stereocenters. The van der Waals surface area contributed by atoms with Gasteiger partial charge in [0.15, 0.2) is 0 Å². The number of unbranched alkanes of at least 4 members (excludes halogenated alkanes) is 1. The average molecular weight is 339 g/mol. The second-order valence-corrected chi connectivity index (χ2v) is 6.45. The zero-order chi connectivity index (χ0) is 18.9. The Morgan fingerprint density at radius 1 is 0.920 bits per heavy atom. The molecule has 0 heterocycles. The van der Waals surface area contributed by atoms with Crippen molar-refractivity contribution in [3.05, 3.63) is 86.6 Å². The lowest BCUT2D eigenvalue weighted by molar-refractivity contribution is 0.398. The molecule has 0 aliphatic heterocycles. The number of hydrogen-bond acceptors (Lipinski definition) is 0. The Morgan fingerprint density at radius 2 is 1.52 bits per heavy atom. The molecule has 2 bridgehead atoms. The van der Waals surface area contributed by atoms with Crippen LogP contribution in [0.1, 0.15) is 46.5 Å². The molecule has 4 unspecified atom stereocenters. The fourth-order valence-electron chi connectivity index (χ4n) is 3.45. The van der Waals surface area contributed by atoms with E-state index < -0.39 is 0 Å². The Labute approximate surface area is 157 Å². The van der Waals surface area contributed by atoms with E-state index >= 15 is 0 Å². The predicted molar refractivity (Wildman–Crippen MR) is 117 cm³/mol. The zero-order valence-corrected chi connectivity index (χ0v) is 16.6. The van der Waals surface area contributed by atoms with Gasteiger partial charge in [0.1, 0.15) is 0 Å². The van der Waals surface area contributed by atoms with Crippen LogP contribution in [0.3, 0.4) is 0 Å². The average Bonchev–Trinajstić information content (AvgIpc) is 3.34. The molecular formula is C25H38. The number of allylic oxidation sites excluding steroid dienone is 11. The van der Waals surface area contributed by atoms with Crippen LogP contribution in [0.4, 0.5) is 0 Å². The van der Waals surface area contributed by atoms with Crippen molar-refractivity contribution < 1.29 is 0 Å². The summed E-state index contributed by atoms with van der Waals surface area (Å²) in [4.78, 5) is 0. The van der Waals surface area contributed by atoms with Crippen LogP contribution in [0.15, 0.2) is 86.6 Å². The van der Waals surface area contributed by atoms with Crippen LogP contribution in [0.5, 0.6) is 0 Å². The fourth-order valence-corrected chi connectivity index (χ4v) is 3.45. The molecule has 1 saturated carbocycles. The lowest BCUT2D eigenvalue weighted by atomic mass is 9.86. The summed E-state index contributed by atoms with van der Waals surface area (Å²) in [5.41, 5.74) is 0. The Hall–Kier alpha value is -1.82. The van der Waals surface area contributed by atoms with Gasteiger partial charge in [0, 0.05) is 0 Å². The molecule has 138 valence electrons. The molecule has 0 nitrogen and oxygen atoms in total. The maximum absolute atomic E-state index is 3.55. The third-order valence-corrected chi connectivity index (χ3v) is 4.60. The van der Waals surface area contributed by atoms with Crippen molar-refractivity contribution in [3.8, 4) is 0 Å².